The second kappa shape index (κ2) is 6.14. The summed E-state index contributed by atoms with van der Waals surface area (Å²) in [7, 11) is 0. The third-order valence-corrected chi connectivity index (χ3v) is 3.37. The standard InChI is InChI=1S/C12H20N4O3/c1-9(12(18)15-2-4-19-5-3-15)16-8-14-6-11(16)10(13)7-17/h6,8-10,17H,2-5,7,13H2,1H3. The zero-order chi connectivity index (χ0) is 13.8. The number of rotatable bonds is 4. The summed E-state index contributed by atoms with van der Waals surface area (Å²) in [5.74, 6) is 0.0210. The van der Waals surface area contributed by atoms with Crippen LogP contribution < -0.4 is 5.73 Å². The first-order valence-corrected chi connectivity index (χ1v) is 6.40. The molecule has 2 rings (SSSR count). The molecule has 7 heteroatoms. The Balaban J connectivity index is 2.12. The average molecular weight is 268 g/mol. The fourth-order valence-electron chi connectivity index (χ4n) is 2.19. The van der Waals surface area contributed by atoms with Crippen LogP contribution in [-0.4, -0.2) is 58.4 Å². The topological polar surface area (TPSA) is 93.6 Å². The normalized spacial score (nSPS) is 19.2. The van der Waals surface area contributed by atoms with Crippen LogP contribution in [0.4, 0.5) is 0 Å². The number of aliphatic hydroxyl groups is 1. The highest BCUT2D eigenvalue weighted by molar-refractivity contribution is 5.80. The zero-order valence-electron chi connectivity index (χ0n) is 11.0. The van der Waals surface area contributed by atoms with Gasteiger partial charge < -0.3 is 25.0 Å². The lowest BCUT2D eigenvalue weighted by Crippen LogP contribution is -2.44. The molecule has 0 aromatic carbocycles. The van der Waals surface area contributed by atoms with Gasteiger partial charge in [0.15, 0.2) is 0 Å². The quantitative estimate of drug-likeness (QED) is 0.753. The molecule has 2 heterocycles. The number of hydrogen-bond donors (Lipinski definition) is 2. The highest BCUT2D eigenvalue weighted by Crippen LogP contribution is 2.18. The van der Waals surface area contributed by atoms with Crippen molar-refractivity contribution in [2.75, 3.05) is 32.9 Å². The number of nitrogens with zero attached hydrogens (tertiary/aromatic N) is 3. The Morgan fingerprint density at radius 2 is 2.26 bits per heavy atom. The number of carbonyl (C=O) groups excluding carboxylic acids is 1. The SMILES string of the molecule is CC(C(=O)N1CCOCC1)n1cncc1C(N)CO. The number of imidazole rings is 1. The average Bonchev–Trinajstić information content (AvgIpc) is 2.95. The van der Waals surface area contributed by atoms with E-state index in [1.54, 1.807) is 22.0 Å². The Morgan fingerprint density at radius 1 is 1.58 bits per heavy atom. The predicted molar refractivity (Wildman–Crippen MR) is 68.4 cm³/mol. The Hall–Kier alpha value is -1.44. The number of aliphatic hydroxyl groups excluding tert-OH is 1. The van der Waals surface area contributed by atoms with Gasteiger partial charge in [0.1, 0.15) is 6.04 Å². The minimum Gasteiger partial charge on any atom is -0.394 e. The molecule has 1 aliphatic rings. The van der Waals surface area contributed by atoms with E-state index >= 15 is 0 Å². The van der Waals surface area contributed by atoms with Crippen molar-refractivity contribution in [3.63, 3.8) is 0 Å². The summed E-state index contributed by atoms with van der Waals surface area (Å²) in [6, 6.07) is -0.907. The smallest absolute Gasteiger partial charge is 0.245 e. The van der Waals surface area contributed by atoms with Crippen molar-refractivity contribution in [2.24, 2.45) is 5.73 Å². The Morgan fingerprint density at radius 3 is 2.89 bits per heavy atom. The van der Waals surface area contributed by atoms with Crippen LogP contribution >= 0.6 is 0 Å². The molecule has 0 spiro atoms. The molecule has 0 aliphatic carbocycles. The number of hydrogen-bond acceptors (Lipinski definition) is 5. The summed E-state index contributed by atoms with van der Waals surface area (Å²) in [6.45, 7) is 4.01. The molecular weight excluding hydrogens is 248 g/mol. The Bertz CT molecular complexity index is 428. The van der Waals surface area contributed by atoms with Crippen molar-refractivity contribution in [2.45, 2.75) is 19.0 Å². The summed E-state index contributed by atoms with van der Waals surface area (Å²) in [5, 5.41) is 9.12. The highest BCUT2D eigenvalue weighted by Gasteiger charge is 2.25. The first kappa shape index (κ1) is 14.0. The van der Waals surface area contributed by atoms with Crippen molar-refractivity contribution in [1.29, 1.82) is 0 Å². The van der Waals surface area contributed by atoms with E-state index in [2.05, 4.69) is 4.98 Å². The summed E-state index contributed by atoms with van der Waals surface area (Å²) in [5.41, 5.74) is 6.46. The largest absolute Gasteiger partial charge is 0.394 e. The molecule has 106 valence electrons. The molecule has 1 aromatic heterocycles. The van der Waals surface area contributed by atoms with Crippen LogP contribution in [0.5, 0.6) is 0 Å². The lowest BCUT2D eigenvalue weighted by Gasteiger charge is -2.30. The molecule has 1 fully saturated rings. The molecule has 0 radical (unpaired) electrons. The van der Waals surface area contributed by atoms with E-state index in [4.69, 9.17) is 15.6 Å². The Labute approximate surface area is 112 Å². The van der Waals surface area contributed by atoms with Gasteiger partial charge >= 0.3 is 0 Å². The van der Waals surface area contributed by atoms with Gasteiger partial charge in [-0.25, -0.2) is 4.98 Å². The van der Waals surface area contributed by atoms with E-state index in [1.807, 2.05) is 6.92 Å². The number of carbonyl (C=O) groups is 1. The van der Waals surface area contributed by atoms with Gasteiger partial charge in [-0.1, -0.05) is 0 Å². The van der Waals surface area contributed by atoms with Gasteiger partial charge in [0.2, 0.25) is 5.91 Å². The molecule has 0 saturated carbocycles. The summed E-state index contributed by atoms with van der Waals surface area (Å²) in [4.78, 5) is 18.2. The molecule has 1 aromatic rings. The molecule has 2 unspecified atom stereocenters. The summed E-state index contributed by atoms with van der Waals surface area (Å²) in [6.07, 6.45) is 3.16. The van der Waals surface area contributed by atoms with Crippen LogP contribution in [-0.2, 0) is 9.53 Å². The van der Waals surface area contributed by atoms with Crippen LogP contribution in [0, 0.1) is 0 Å². The van der Waals surface area contributed by atoms with Gasteiger partial charge in [-0.15, -0.1) is 0 Å². The third kappa shape index (κ3) is 2.94. The van der Waals surface area contributed by atoms with E-state index in [0.717, 1.165) is 0 Å². The first-order chi connectivity index (χ1) is 9.15. The van der Waals surface area contributed by atoms with Gasteiger partial charge in [0.25, 0.3) is 0 Å². The number of morpholine rings is 1. The number of amides is 1. The Kier molecular flexibility index (Phi) is 4.52. The van der Waals surface area contributed by atoms with E-state index < -0.39 is 6.04 Å². The predicted octanol–water partition coefficient (Wildman–Crippen LogP) is -0.705. The summed E-state index contributed by atoms with van der Waals surface area (Å²) < 4.78 is 6.95. The van der Waals surface area contributed by atoms with Gasteiger partial charge in [0, 0.05) is 19.3 Å². The van der Waals surface area contributed by atoms with Gasteiger partial charge in [0.05, 0.1) is 37.9 Å². The molecule has 1 amide bonds. The number of nitrogens with two attached hydrogens (primary N) is 1. The first-order valence-electron chi connectivity index (χ1n) is 6.40. The van der Waals surface area contributed by atoms with Crippen molar-refractivity contribution < 1.29 is 14.6 Å². The van der Waals surface area contributed by atoms with Crippen LogP contribution in [0.15, 0.2) is 12.5 Å². The zero-order valence-corrected chi connectivity index (χ0v) is 11.0. The maximum absolute atomic E-state index is 12.4. The monoisotopic (exact) mass is 268 g/mol. The third-order valence-electron chi connectivity index (χ3n) is 3.37. The minimum absolute atomic E-state index is 0.0210. The lowest BCUT2D eigenvalue weighted by atomic mass is 10.2. The van der Waals surface area contributed by atoms with E-state index in [1.165, 1.54) is 0 Å². The van der Waals surface area contributed by atoms with Crippen LogP contribution in [0.3, 0.4) is 0 Å². The molecule has 2 atom stereocenters. The van der Waals surface area contributed by atoms with Crippen molar-refractivity contribution in [1.82, 2.24) is 14.5 Å². The number of ether oxygens (including phenoxy) is 1. The van der Waals surface area contributed by atoms with Gasteiger partial charge in [-0.3, -0.25) is 4.79 Å². The van der Waals surface area contributed by atoms with Gasteiger partial charge in [-0.05, 0) is 6.92 Å². The second-order valence-corrected chi connectivity index (χ2v) is 4.63. The van der Waals surface area contributed by atoms with Crippen LogP contribution in [0.2, 0.25) is 0 Å². The number of aromatic nitrogens is 2. The van der Waals surface area contributed by atoms with Crippen molar-refractivity contribution >= 4 is 5.91 Å². The molecule has 3 N–H and O–H groups in total. The maximum Gasteiger partial charge on any atom is 0.245 e. The van der Waals surface area contributed by atoms with E-state index in [9.17, 15) is 4.79 Å². The van der Waals surface area contributed by atoms with Crippen molar-refractivity contribution in [3.05, 3.63) is 18.2 Å². The van der Waals surface area contributed by atoms with Crippen molar-refractivity contribution in [3.8, 4) is 0 Å². The molecule has 7 nitrogen and oxygen atoms in total. The highest BCUT2D eigenvalue weighted by atomic mass is 16.5. The maximum atomic E-state index is 12.4. The van der Waals surface area contributed by atoms with Gasteiger partial charge in [-0.2, -0.15) is 0 Å². The van der Waals surface area contributed by atoms with E-state index in [-0.39, 0.29) is 18.6 Å². The molecule has 19 heavy (non-hydrogen) atoms. The van der Waals surface area contributed by atoms with Crippen LogP contribution in [0.25, 0.3) is 0 Å². The van der Waals surface area contributed by atoms with E-state index in [0.29, 0.717) is 32.0 Å². The lowest BCUT2D eigenvalue weighted by molar-refractivity contribution is -0.138. The molecule has 0 bridgehead atoms. The fraction of sp³-hybridized carbons (Fsp3) is 0.667. The minimum atomic E-state index is -0.526. The molecule has 1 saturated heterocycles. The fourth-order valence-corrected chi connectivity index (χ4v) is 2.19. The molecule has 1 aliphatic heterocycles. The second-order valence-electron chi connectivity index (χ2n) is 4.63. The van der Waals surface area contributed by atoms with Crippen LogP contribution in [0.1, 0.15) is 24.7 Å². The molecular formula is C12H20N4O3. The summed E-state index contributed by atoms with van der Waals surface area (Å²) >= 11 is 0.